The topological polar surface area (TPSA) is 56.0 Å². The van der Waals surface area contributed by atoms with Crippen LogP contribution in [0.4, 0.5) is 0 Å². The van der Waals surface area contributed by atoms with Crippen LogP contribution in [0.1, 0.15) is 74.2 Å². The second-order valence-electron chi connectivity index (χ2n) is 30.2. The minimum absolute atomic E-state index is 0.279. The van der Waals surface area contributed by atoms with Gasteiger partial charge in [0.2, 0.25) is 0 Å². The molecule has 0 saturated heterocycles. The SMILES string of the molecule is CCC1=C(c2cccc3c(-c4cccc5ccccc45)cccc23)/C2=C/c3[nH]c(c(-c4ccc(-c5cccc6ccccc56)c5ccccc45)c3CC)/C=C3\NC(/C=c4\[nH]/c(c(-c5cccc6c(-c7cccc8ccccc78)cccc56)c4CC)=C\C1=N2)C(c1cccc2c(-c4cccc5ccccc45)cccc12)=C3CC. The van der Waals surface area contributed by atoms with Gasteiger partial charge in [-0.05, 0) is 231 Å². The standard InChI is InChI=1S/C108H80N4/c1-5-69-97-62-102-107(95-58-28-52-87-84(49-25-55-91(87)95)79-45-21-35-67-31-11-15-39-75(67)79)71(7-3)99(111-102)64-104-108(96-60-59-92(81-41-17-18-42-88(81)96)80-46-22-36-68-32-12-16-40-76(68)80)72(8-4)100(112-104)63-103-106(94-57-27-51-86-83(48-24-54-90(86)94)78-44-20-34-66-30-10-14-38-74(66)78)70(6-2)98(110-103)61-101(109-97)105(69)93-56-26-50-85-82(47-23-53-89(85)93)77-43-19-33-65-29-9-13-37-73(65)77/h9-64,102,109,111-112H,5-8H2,1-4H3/b97-62-,99-64-,101-61-,103-63-. The lowest BCUT2D eigenvalue weighted by Crippen LogP contribution is -2.26. The first kappa shape index (κ1) is 66.5. The fourth-order valence-electron chi connectivity index (χ4n) is 19.5. The van der Waals surface area contributed by atoms with Crippen molar-refractivity contribution in [1.82, 2.24) is 15.3 Å². The smallest absolute Gasteiger partial charge is 0.0739 e. The molecule has 5 heterocycles. The number of H-pyrrole nitrogens is 2. The minimum Gasteiger partial charge on any atom is -0.374 e. The van der Waals surface area contributed by atoms with Crippen molar-refractivity contribution in [1.29, 1.82) is 0 Å². The molecule has 532 valence electrons. The summed E-state index contributed by atoms with van der Waals surface area (Å²) in [4.78, 5) is 14.7. The highest BCUT2D eigenvalue weighted by molar-refractivity contribution is 6.30. The van der Waals surface area contributed by atoms with Crippen LogP contribution in [0.5, 0.6) is 0 Å². The Morgan fingerprint density at radius 2 is 0.616 bits per heavy atom. The molecule has 112 heavy (non-hydrogen) atoms. The number of hydrogen-bond donors (Lipinski definition) is 3. The molecule has 4 heteroatoms. The highest BCUT2D eigenvalue weighted by atomic mass is 15.0. The maximum Gasteiger partial charge on any atom is 0.0739 e. The Morgan fingerprint density at radius 3 is 1.08 bits per heavy atom. The molecule has 8 bridgehead atoms. The van der Waals surface area contributed by atoms with Crippen molar-refractivity contribution < 1.29 is 0 Å². The Morgan fingerprint density at radius 1 is 0.268 bits per heavy atom. The summed E-state index contributed by atoms with van der Waals surface area (Å²) in [6, 6.07) is 117. The number of rotatable bonds is 12. The van der Waals surface area contributed by atoms with Gasteiger partial charge in [0.1, 0.15) is 0 Å². The zero-order chi connectivity index (χ0) is 74.7. The van der Waals surface area contributed by atoms with Gasteiger partial charge in [-0.15, -0.1) is 0 Å². The monoisotopic (exact) mass is 1430 g/mol. The zero-order valence-corrected chi connectivity index (χ0v) is 63.2. The van der Waals surface area contributed by atoms with E-state index in [-0.39, 0.29) is 6.04 Å². The second kappa shape index (κ2) is 27.2. The van der Waals surface area contributed by atoms with Crippen LogP contribution >= 0.6 is 0 Å². The van der Waals surface area contributed by atoms with Gasteiger partial charge in [0.25, 0.3) is 0 Å². The molecule has 0 amide bonds. The average molecular weight is 1430 g/mol. The van der Waals surface area contributed by atoms with Crippen LogP contribution in [0.3, 0.4) is 0 Å². The van der Waals surface area contributed by atoms with Crippen LogP contribution in [0.2, 0.25) is 0 Å². The molecule has 0 radical (unpaired) electrons. The Kier molecular flexibility index (Phi) is 16.1. The summed E-state index contributed by atoms with van der Waals surface area (Å²) < 4.78 is 0. The molecule has 16 aromatic carbocycles. The number of hydrogen-bond acceptors (Lipinski definition) is 2. The summed E-state index contributed by atoms with van der Waals surface area (Å²) in [5.74, 6) is 0. The van der Waals surface area contributed by atoms with Crippen molar-refractivity contribution in [2.45, 2.75) is 59.4 Å². The number of nitrogens with one attached hydrogen (secondary N) is 3. The quantitative estimate of drug-likeness (QED) is 0.112. The van der Waals surface area contributed by atoms with Gasteiger partial charge in [-0.1, -0.05) is 343 Å². The first-order valence-electron chi connectivity index (χ1n) is 39.9. The molecule has 0 spiro atoms. The molecule has 4 nitrogen and oxygen atoms in total. The third-order valence-corrected chi connectivity index (χ3v) is 24.4. The molecule has 0 saturated carbocycles. The summed E-state index contributed by atoms with van der Waals surface area (Å²) in [5, 5.41) is 26.0. The van der Waals surface area contributed by atoms with Crippen LogP contribution in [0, 0.1) is 0 Å². The van der Waals surface area contributed by atoms with Gasteiger partial charge in [0, 0.05) is 44.5 Å². The van der Waals surface area contributed by atoms with Gasteiger partial charge >= 0.3 is 0 Å². The minimum atomic E-state index is -0.279. The Bertz CT molecular complexity index is 7320. The first-order valence-corrected chi connectivity index (χ1v) is 39.9. The largest absolute Gasteiger partial charge is 0.374 e. The molecular formula is C108H80N4. The second-order valence-corrected chi connectivity index (χ2v) is 30.2. The third-order valence-electron chi connectivity index (χ3n) is 24.4. The predicted octanol–water partition coefficient (Wildman–Crippen LogP) is 26.8. The molecule has 3 aliphatic heterocycles. The Balaban J connectivity index is 0.866. The van der Waals surface area contributed by atoms with E-state index in [4.69, 9.17) is 4.99 Å². The number of benzene rings is 16. The van der Waals surface area contributed by atoms with Gasteiger partial charge in [-0.3, -0.25) is 0 Å². The van der Waals surface area contributed by atoms with E-state index in [1.807, 2.05) is 0 Å². The van der Waals surface area contributed by atoms with Crippen molar-refractivity contribution in [3.63, 3.8) is 0 Å². The number of allylic oxidation sites excluding steroid dienone is 3. The molecule has 21 rings (SSSR count). The van der Waals surface area contributed by atoms with Gasteiger partial charge in [0.15, 0.2) is 0 Å². The van der Waals surface area contributed by atoms with Gasteiger partial charge in [-0.25, -0.2) is 4.99 Å². The number of fused-ring (bicyclic) bond motifs is 15. The maximum absolute atomic E-state index is 6.11. The van der Waals surface area contributed by atoms with E-state index in [1.165, 1.54) is 186 Å². The van der Waals surface area contributed by atoms with Crippen molar-refractivity contribution >= 4 is 127 Å². The predicted molar refractivity (Wildman–Crippen MR) is 479 cm³/mol. The molecule has 1 unspecified atom stereocenters. The normalized spacial score (nSPS) is 15.8. The fraction of sp³-hybridized carbons (Fsp3) is 0.0833. The van der Waals surface area contributed by atoms with Crippen LogP contribution in [-0.4, -0.2) is 21.7 Å². The zero-order valence-electron chi connectivity index (χ0n) is 63.2. The fourth-order valence-corrected chi connectivity index (χ4v) is 19.5. The van der Waals surface area contributed by atoms with E-state index in [2.05, 4.69) is 383 Å². The van der Waals surface area contributed by atoms with Crippen LogP contribution in [0.25, 0.3) is 188 Å². The van der Waals surface area contributed by atoms with Crippen molar-refractivity contribution in [3.8, 4) is 66.8 Å². The van der Waals surface area contributed by atoms with E-state index in [0.29, 0.717) is 0 Å². The van der Waals surface area contributed by atoms with Crippen molar-refractivity contribution in [2.24, 2.45) is 4.99 Å². The Hall–Kier alpha value is -13.7. The summed E-state index contributed by atoms with van der Waals surface area (Å²) >= 11 is 0. The molecule has 1 atom stereocenters. The van der Waals surface area contributed by atoms with Crippen LogP contribution < -0.4 is 16.0 Å². The number of aliphatic imine (C=N–C) groups is 1. The summed E-state index contributed by atoms with van der Waals surface area (Å²) in [7, 11) is 0. The van der Waals surface area contributed by atoms with Crippen LogP contribution in [0.15, 0.2) is 343 Å². The summed E-state index contributed by atoms with van der Waals surface area (Å²) in [6.45, 7) is 9.35. The number of aromatic amines is 2. The van der Waals surface area contributed by atoms with E-state index in [1.54, 1.807) is 0 Å². The first-order chi connectivity index (χ1) is 55.4. The van der Waals surface area contributed by atoms with Gasteiger partial charge in [-0.2, -0.15) is 0 Å². The highest BCUT2D eigenvalue weighted by Crippen LogP contribution is 2.49. The molecular weight excluding hydrogens is 1350 g/mol. The van der Waals surface area contributed by atoms with Gasteiger partial charge < -0.3 is 15.3 Å². The van der Waals surface area contributed by atoms with Gasteiger partial charge in [0.05, 0.1) is 17.5 Å². The average Bonchev–Trinajstić information content (AvgIpc) is 1.54. The van der Waals surface area contributed by atoms with E-state index in [9.17, 15) is 0 Å². The molecule has 18 aromatic rings. The number of nitrogens with zero attached hydrogens (tertiary/aromatic N) is 1. The summed E-state index contributed by atoms with van der Waals surface area (Å²) in [6.07, 6.45) is 12.8. The highest BCUT2D eigenvalue weighted by Gasteiger charge is 2.33. The van der Waals surface area contributed by atoms with E-state index in [0.717, 1.165) is 76.0 Å². The molecule has 0 fully saturated rings. The lowest BCUT2D eigenvalue weighted by Gasteiger charge is -2.17. The molecule has 2 aromatic heterocycles. The van der Waals surface area contributed by atoms with Crippen molar-refractivity contribution in [2.75, 3.05) is 0 Å². The van der Waals surface area contributed by atoms with Crippen molar-refractivity contribution in [3.05, 3.63) is 382 Å². The van der Waals surface area contributed by atoms with E-state index < -0.39 is 0 Å². The molecule has 3 aliphatic rings. The lowest BCUT2D eigenvalue weighted by molar-refractivity contribution is 0.879. The maximum atomic E-state index is 6.11. The van der Waals surface area contributed by atoms with E-state index >= 15 is 0 Å². The lowest BCUT2D eigenvalue weighted by atomic mass is 9.87. The number of aromatic nitrogens is 2. The summed E-state index contributed by atoms with van der Waals surface area (Å²) in [5.41, 5.74) is 29.3. The van der Waals surface area contributed by atoms with Crippen LogP contribution in [-0.2, 0) is 12.8 Å². The third kappa shape index (κ3) is 10.7. The molecule has 0 aliphatic carbocycles. The Labute approximate surface area is 651 Å². The molecule has 3 N–H and O–H groups in total.